The van der Waals surface area contributed by atoms with Crippen molar-refractivity contribution in [3.8, 4) is 0 Å². The van der Waals surface area contributed by atoms with Gasteiger partial charge in [-0.05, 0) is 55.7 Å². The first-order chi connectivity index (χ1) is 10.2. The average Bonchev–Trinajstić information content (AvgIpc) is 2.52. The summed E-state index contributed by atoms with van der Waals surface area (Å²) in [5, 5.41) is 4.44. The summed E-state index contributed by atoms with van der Waals surface area (Å²) in [4.78, 5) is 6.78. The number of benzene rings is 1. The molecule has 0 aliphatic carbocycles. The van der Waals surface area contributed by atoms with E-state index in [9.17, 15) is 0 Å². The molecule has 2 aromatic rings. The normalized spacial score (nSPS) is 16.0. The monoisotopic (exact) mass is 301 g/mol. The van der Waals surface area contributed by atoms with Crippen LogP contribution in [0.3, 0.4) is 0 Å². The highest BCUT2D eigenvalue weighted by atomic mass is 35.5. The largest absolute Gasteiger partial charge is 0.382 e. The Hall–Kier alpha value is -1.74. The first-order valence-corrected chi connectivity index (χ1v) is 7.79. The molecule has 0 unspecified atom stereocenters. The van der Waals surface area contributed by atoms with E-state index in [1.165, 1.54) is 11.3 Å². The number of hydrogen-bond acceptors (Lipinski definition) is 3. The summed E-state index contributed by atoms with van der Waals surface area (Å²) in [7, 11) is 0. The third-order valence-electron chi connectivity index (χ3n) is 4.02. The zero-order valence-corrected chi connectivity index (χ0v) is 13.0. The Morgan fingerprint density at radius 2 is 2.00 bits per heavy atom. The molecule has 1 fully saturated rings. The Morgan fingerprint density at radius 3 is 2.67 bits per heavy atom. The lowest BCUT2D eigenvalue weighted by Gasteiger charge is -2.33. The summed E-state index contributed by atoms with van der Waals surface area (Å²) < 4.78 is 0. The molecule has 0 amide bonds. The first kappa shape index (κ1) is 14.2. The van der Waals surface area contributed by atoms with E-state index >= 15 is 0 Å². The third kappa shape index (κ3) is 3.48. The molecular formula is C17H20ClN3. The Bertz CT molecular complexity index is 592. The van der Waals surface area contributed by atoms with E-state index in [-0.39, 0.29) is 0 Å². The lowest BCUT2D eigenvalue weighted by molar-refractivity contribution is 0.523. The first-order valence-electron chi connectivity index (χ1n) is 7.41. The maximum Gasteiger partial charge on any atom is 0.128 e. The van der Waals surface area contributed by atoms with Gasteiger partial charge in [-0.1, -0.05) is 17.7 Å². The number of hydrogen-bond donors (Lipinski definition) is 1. The maximum absolute atomic E-state index is 6.01. The number of nitrogens with one attached hydrogen (secondary N) is 1. The molecule has 1 aromatic carbocycles. The average molecular weight is 302 g/mol. The van der Waals surface area contributed by atoms with Gasteiger partial charge in [0.1, 0.15) is 5.82 Å². The molecule has 0 radical (unpaired) electrons. The molecule has 110 valence electrons. The highest BCUT2D eigenvalue weighted by Crippen LogP contribution is 2.24. The van der Waals surface area contributed by atoms with E-state index in [0.717, 1.165) is 36.8 Å². The molecule has 1 saturated heterocycles. The van der Waals surface area contributed by atoms with E-state index in [4.69, 9.17) is 11.6 Å². The van der Waals surface area contributed by atoms with Gasteiger partial charge in [0.25, 0.3) is 0 Å². The van der Waals surface area contributed by atoms with Gasteiger partial charge in [-0.2, -0.15) is 0 Å². The van der Waals surface area contributed by atoms with Gasteiger partial charge in [-0.25, -0.2) is 4.98 Å². The molecule has 0 bridgehead atoms. The van der Waals surface area contributed by atoms with Crippen molar-refractivity contribution in [1.82, 2.24) is 4.98 Å². The fraction of sp³-hybridized carbons (Fsp3) is 0.353. The number of halogens is 1. The molecule has 0 spiro atoms. The SMILES string of the molecule is Cc1cc(Cl)ccc1NC1CCN(c2ccccn2)CC1. The number of nitrogens with zero attached hydrogens (tertiary/aromatic N) is 2. The minimum Gasteiger partial charge on any atom is -0.382 e. The van der Waals surface area contributed by atoms with E-state index in [0.29, 0.717) is 6.04 Å². The van der Waals surface area contributed by atoms with Crippen LogP contribution in [0.4, 0.5) is 11.5 Å². The fourth-order valence-corrected chi connectivity index (χ4v) is 3.03. The zero-order valence-electron chi connectivity index (χ0n) is 12.2. The lowest BCUT2D eigenvalue weighted by Crippen LogP contribution is -2.39. The molecular weight excluding hydrogens is 282 g/mol. The molecule has 4 heteroatoms. The Kier molecular flexibility index (Phi) is 4.30. The second-order valence-electron chi connectivity index (χ2n) is 5.55. The van der Waals surface area contributed by atoms with Gasteiger partial charge in [-0.15, -0.1) is 0 Å². The van der Waals surface area contributed by atoms with E-state index in [1.807, 2.05) is 30.5 Å². The summed E-state index contributed by atoms with van der Waals surface area (Å²) in [6.45, 7) is 4.18. The Morgan fingerprint density at radius 1 is 1.19 bits per heavy atom. The number of rotatable bonds is 3. The van der Waals surface area contributed by atoms with Gasteiger partial charge in [0.05, 0.1) is 0 Å². The number of aromatic nitrogens is 1. The number of anilines is 2. The number of aryl methyl sites for hydroxylation is 1. The quantitative estimate of drug-likeness (QED) is 0.924. The molecule has 2 heterocycles. The van der Waals surface area contributed by atoms with Crippen LogP contribution in [-0.2, 0) is 0 Å². The molecule has 3 nitrogen and oxygen atoms in total. The van der Waals surface area contributed by atoms with E-state index in [2.05, 4.69) is 34.3 Å². The van der Waals surface area contributed by atoms with Gasteiger partial charge in [0.2, 0.25) is 0 Å². The summed E-state index contributed by atoms with van der Waals surface area (Å²) in [5.41, 5.74) is 2.39. The summed E-state index contributed by atoms with van der Waals surface area (Å²) in [5.74, 6) is 1.08. The van der Waals surface area contributed by atoms with Crippen molar-refractivity contribution < 1.29 is 0 Å². The number of piperidine rings is 1. The standard InChI is InChI=1S/C17H20ClN3/c1-13-12-14(18)5-6-16(13)20-15-7-10-21(11-8-15)17-4-2-3-9-19-17/h2-6,9,12,15,20H,7-8,10-11H2,1H3. The molecule has 1 aliphatic rings. The minimum atomic E-state index is 0.518. The minimum absolute atomic E-state index is 0.518. The fourth-order valence-electron chi connectivity index (χ4n) is 2.80. The molecule has 0 saturated carbocycles. The van der Waals surface area contributed by atoms with Crippen molar-refractivity contribution in [3.63, 3.8) is 0 Å². The van der Waals surface area contributed by atoms with Crippen molar-refractivity contribution in [2.45, 2.75) is 25.8 Å². The second-order valence-corrected chi connectivity index (χ2v) is 5.99. The predicted octanol–water partition coefficient (Wildman–Crippen LogP) is 4.12. The van der Waals surface area contributed by atoms with Crippen LogP contribution in [0, 0.1) is 6.92 Å². The van der Waals surface area contributed by atoms with E-state index < -0.39 is 0 Å². The van der Waals surface area contributed by atoms with Crippen molar-refractivity contribution in [3.05, 3.63) is 53.2 Å². The van der Waals surface area contributed by atoms with Crippen molar-refractivity contribution >= 4 is 23.1 Å². The van der Waals surface area contributed by atoms with Crippen molar-refractivity contribution in [2.24, 2.45) is 0 Å². The second kappa shape index (κ2) is 6.35. The lowest BCUT2D eigenvalue weighted by atomic mass is 10.0. The Balaban J connectivity index is 1.59. The Labute approximate surface area is 131 Å². The maximum atomic E-state index is 6.01. The highest BCUT2D eigenvalue weighted by molar-refractivity contribution is 6.30. The molecule has 3 rings (SSSR count). The van der Waals surface area contributed by atoms with Crippen LogP contribution in [0.2, 0.25) is 5.02 Å². The van der Waals surface area contributed by atoms with Gasteiger partial charge in [0, 0.05) is 36.0 Å². The van der Waals surface area contributed by atoms with Crippen LogP contribution in [0.15, 0.2) is 42.6 Å². The number of pyridine rings is 1. The van der Waals surface area contributed by atoms with Gasteiger partial charge < -0.3 is 10.2 Å². The van der Waals surface area contributed by atoms with Crippen LogP contribution >= 0.6 is 11.6 Å². The van der Waals surface area contributed by atoms with Crippen LogP contribution in [0.25, 0.3) is 0 Å². The summed E-state index contributed by atoms with van der Waals surface area (Å²) >= 11 is 6.01. The highest BCUT2D eigenvalue weighted by Gasteiger charge is 2.20. The topological polar surface area (TPSA) is 28.2 Å². The van der Waals surface area contributed by atoms with E-state index in [1.54, 1.807) is 0 Å². The summed E-state index contributed by atoms with van der Waals surface area (Å²) in [6, 6.07) is 12.6. The predicted molar refractivity (Wildman–Crippen MR) is 89.3 cm³/mol. The van der Waals surface area contributed by atoms with Gasteiger partial charge >= 0.3 is 0 Å². The van der Waals surface area contributed by atoms with Crippen LogP contribution in [0.1, 0.15) is 18.4 Å². The molecule has 21 heavy (non-hydrogen) atoms. The van der Waals surface area contributed by atoms with Crippen molar-refractivity contribution in [2.75, 3.05) is 23.3 Å². The molecule has 1 aliphatic heterocycles. The smallest absolute Gasteiger partial charge is 0.128 e. The third-order valence-corrected chi connectivity index (χ3v) is 4.25. The van der Waals surface area contributed by atoms with Gasteiger partial charge in [-0.3, -0.25) is 0 Å². The molecule has 1 aromatic heterocycles. The van der Waals surface area contributed by atoms with Crippen molar-refractivity contribution in [1.29, 1.82) is 0 Å². The van der Waals surface area contributed by atoms with Crippen LogP contribution in [-0.4, -0.2) is 24.1 Å². The molecule has 0 atom stereocenters. The summed E-state index contributed by atoms with van der Waals surface area (Å²) in [6.07, 6.45) is 4.11. The zero-order chi connectivity index (χ0) is 14.7. The van der Waals surface area contributed by atoms with Crippen LogP contribution < -0.4 is 10.2 Å². The van der Waals surface area contributed by atoms with Gasteiger partial charge in [0.15, 0.2) is 0 Å². The van der Waals surface area contributed by atoms with Crippen LogP contribution in [0.5, 0.6) is 0 Å². The molecule has 1 N–H and O–H groups in total.